The number of ether oxygens (including phenoxy) is 1. The van der Waals surface area contributed by atoms with Crippen molar-refractivity contribution in [1.29, 1.82) is 0 Å². The van der Waals surface area contributed by atoms with Crippen molar-refractivity contribution in [2.45, 2.75) is 69.6 Å². The first-order chi connectivity index (χ1) is 24.9. The van der Waals surface area contributed by atoms with Gasteiger partial charge in [0.2, 0.25) is 11.8 Å². The molecule has 1 saturated heterocycles. The fourth-order valence-electron chi connectivity index (χ4n) is 8.61. The summed E-state index contributed by atoms with van der Waals surface area (Å²) >= 11 is 6.60. The Morgan fingerprint density at radius 1 is 0.942 bits per heavy atom. The zero-order valence-corrected chi connectivity index (χ0v) is 31.4. The molecule has 3 aliphatic rings. The molecule has 4 atom stereocenters. The lowest BCUT2D eigenvalue weighted by Crippen LogP contribution is -2.46. The monoisotopic (exact) mass is 737 g/mol. The highest BCUT2D eigenvalue weighted by Crippen LogP contribution is 2.60. The van der Waals surface area contributed by atoms with E-state index in [1.807, 2.05) is 105 Å². The van der Waals surface area contributed by atoms with Crippen LogP contribution in [0, 0.1) is 5.92 Å². The lowest BCUT2D eigenvalue weighted by Gasteiger charge is -2.33. The van der Waals surface area contributed by atoms with E-state index in [-0.39, 0.29) is 43.8 Å². The van der Waals surface area contributed by atoms with Gasteiger partial charge in [-0.3, -0.25) is 19.3 Å². The van der Waals surface area contributed by atoms with Crippen LogP contribution in [-0.4, -0.2) is 60.1 Å². The van der Waals surface area contributed by atoms with Gasteiger partial charge in [0.1, 0.15) is 0 Å². The third-order valence-corrected chi connectivity index (χ3v) is 13.6. The lowest BCUT2D eigenvalue weighted by atomic mass is 9.82. The average molecular weight is 738 g/mol. The highest BCUT2D eigenvalue weighted by molar-refractivity contribution is 6.71. The zero-order valence-electron chi connectivity index (χ0n) is 29.7. The van der Waals surface area contributed by atoms with E-state index in [4.69, 9.17) is 16.3 Å². The predicted octanol–water partition coefficient (Wildman–Crippen LogP) is 6.71. The topological polar surface area (TPSA) is 111 Å². The molecular formula is C41H44ClN3O6Si. The van der Waals surface area contributed by atoms with Crippen molar-refractivity contribution in [2.24, 2.45) is 5.92 Å². The molecule has 9 nitrogen and oxygen atoms in total. The van der Waals surface area contributed by atoms with Gasteiger partial charge in [-0.2, -0.15) is 0 Å². The van der Waals surface area contributed by atoms with Gasteiger partial charge >= 0.3 is 0 Å². The first-order valence-corrected chi connectivity index (χ1v) is 21.3. The Morgan fingerprint density at radius 3 is 2.42 bits per heavy atom. The summed E-state index contributed by atoms with van der Waals surface area (Å²) in [5.41, 5.74) is 3.78. The number of hydrogen-bond acceptors (Lipinski definition) is 6. The molecule has 0 unspecified atom stereocenters. The van der Waals surface area contributed by atoms with Crippen LogP contribution < -0.4 is 9.80 Å². The van der Waals surface area contributed by atoms with Crippen molar-refractivity contribution in [3.63, 3.8) is 0 Å². The Balaban J connectivity index is 1.21. The number of carbonyl (C=O) groups is 3. The number of amides is 3. The highest BCUT2D eigenvalue weighted by Gasteiger charge is 2.66. The summed E-state index contributed by atoms with van der Waals surface area (Å²) in [5.74, 6) is -0.976. The second-order valence-corrected chi connectivity index (χ2v) is 19.1. The van der Waals surface area contributed by atoms with Gasteiger partial charge < -0.3 is 24.4 Å². The first kappa shape index (κ1) is 36.1. The molecule has 0 radical (unpaired) electrons. The fourth-order valence-corrected chi connectivity index (χ4v) is 11.3. The minimum absolute atomic E-state index is 0.0176. The molecule has 0 aromatic heterocycles. The second kappa shape index (κ2) is 14.2. The molecule has 0 aliphatic carbocycles. The quantitative estimate of drug-likeness (QED) is 0.175. The van der Waals surface area contributed by atoms with Crippen LogP contribution in [0.2, 0.25) is 23.7 Å². The van der Waals surface area contributed by atoms with Crippen LogP contribution in [0.25, 0.3) is 0 Å². The minimum atomic E-state index is -3.05. The number of fused-ring (bicyclic) bond motifs is 3. The Labute approximate surface area is 310 Å². The molecule has 3 heterocycles. The average Bonchev–Trinajstić information content (AvgIpc) is 3.54. The Hall–Kier alpha value is -4.32. The molecular weight excluding hydrogens is 694 g/mol. The van der Waals surface area contributed by atoms with Crippen molar-refractivity contribution in [3.05, 3.63) is 124 Å². The third-order valence-electron chi connectivity index (χ3n) is 10.9. The Morgan fingerprint density at radius 2 is 1.67 bits per heavy atom. The number of carbonyl (C=O) groups excluding carboxylic acids is 3. The van der Waals surface area contributed by atoms with Gasteiger partial charge in [0.05, 0.1) is 37.1 Å². The minimum Gasteiger partial charge on any atom is -0.432 e. The molecule has 11 heteroatoms. The largest absolute Gasteiger partial charge is 0.432 e. The van der Waals surface area contributed by atoms with Crippen molar-refractivity contribution in [2.75, 3.05) is 23.0 Å². The van der Waals surface area contributed by atoms with E-state index in [2.05, 4.69) is 0 Å². The normalized spacial score (nSPS) is 22.5. The maximum atomic E-state index is 15.0. The first-order valence-electron chi connectivity index (χ1n) is 17.9. The van der Waals surface area contributed by atoms with Gasteiger partial charge in [-0.1, -0.05) is 79.2 Å². The molecule has 7 rings (SSSR count). The smallest absolute Gasteiger partial charge is 0.264 e. The maximum absolute atomic E-state index is 15.0. The van der Waals surface area contributed by atoms with Crippen molar-refractivity contribution in [3.8, 4) is 0 Å². The molecule has 52 heavy (non-hydrogen) atoms. The van der Waals surface area contributed by atoms with Crippen LogP contribution in [0.5, 0.6) is 0 Å². The lowest BCUT2D eigenvalue weighted by molar-refractivity contribution is -0.150. The van der Waals surface area contributed by atoms with Gasteiger partial charge in [-0.15, -0.1) is 0 Å². The molecule has 4 aromatic rings. The predicted molar refractivity (Wildman–Crippen MR) is 204 cm³/mol. The van der Waals surface area contributed by atoms with Gasteiger partial charge in [0, 0.05) is 47.2 Å². The number of nitrogens with zero attached hydrogens (tertiary/aromatic N) is 3. The number of aliphatic hydroxyl groups excluding tert-OH is 1. The summed E-state index contributed by atoms with van der Waals surface area (Å²) in [7, 11) is -3.05. The summed E-state index contributed by atoms with van der Waals surface area (Å²) in [5, 5.41) is 10.3. The third kappa shape index (κ3) is 6.47. The number of aliphatic hydroxyl groups is 1. The van der Waals surface area contributed by atoms with Crippen LogP contribution in [-0.2, 0) is 44.2 Å². The van der Waals surface area contributed by atoms with E-state index in [0.717, 1.165) is 28.1 Å². The van der Waals surface area contributed by atoms with E-state index >= 15 is 0 Å². The summed E-state index contributed by atoms with van der Waals surface area (Å²) in [6, 6.07) is 30.5. The Kier molecular flexibility index (Phi) is 9.88. The van der Waals surface area contributed by atoms with Crippen LogP contribution in [0.3, 0.4) is 0 Å². The molecule has 270 valence electrons. The Bertz CT molecular complexity index is 2000. The molecule has 1 fully saturated rings. The number of anilines is 3. The molecule has 3 aliphatic heterocycles. The van der Waals surface area contributed by atoms with Gasteiger partial charge in [-0.25, -0.2) is 0 Å². The SMILES string of the molecule is C[C@@H]1[C@@H]([Si](C)(C)O)[C@H](CC(=O)N(CCO)Cc2ccccc2)O[C@@]12C(=O)N(Cc1cccc(N3C(=O)CCc4ccccc43)c1)c1ccc(Cl)cc12. The van der Waals surface area contributed by atoms with Gasteiger partial charge in [0.15, 0.2) is 13.9 Å². The van der Waals surface area contributed by atoms with Crippen LogP contribution in [0.4, 0.5) is 17.1 Å². The van der Waals surface area contributed by atoms with Crippen molar-refractivity contribution < 1.29 is 29.0 Å². The van der Waals surface area contributed by atoms with Crippen LogP contribution >= 0.6 is 11.6 Å². The number of para-hydroxylation sites is 1. The number of rotatable bonds is 10. The number of hydrogen-bond donors (Lipinski definition) is 2. The van der Waals surface area contributed by atoms with Crippen molar-refractivity contribution >= 4 is 54.7 Å². The van der Waals surface area contributed by atoms with E-state index in [0.29, 0.717) is 35.7 Å². The van der Waals surface area contributed by atoms with Crippen LogP contribution in [0.15, 0.2) is 97.1 Å². The molecule has 0 saturated carbocycles. The van der Waals surface area contributed by atoms with E-state index in [9.17, 15) is 24.3 Å². The molecule has 4 aromatic carbocycles. The molecule has 3 amide bonds. The summed E-state index contributed by atoms with van der Waals surface area (Å²) in [4.78, 5) is 59.0. The summed E-state index contributed by atoms with van der Waals surface area (Å²) in [6.45, 7) is 6.05. The van der Waals surface area contributed by atoms with Gasteiger partial charge in [-0.05, 0) is 72.6 Å². The fraction of sp³-hybridized carbons (Fsp3) is 0.341. The van der Waals surface area contributed by atoms with E-state index < -0.39 is 31.5 Å². The maximum Gasteiger partial charge on any atom is 0.264 e. The van der Waals surface area contributed by atoms with Crippen molar-refractivity contribution in [1.82, 2.24) is 4.90 Å². The highest BCUT2D eigenvalue weighted by atomic mass is 35.5. The van der Waals surface area contributed by atoms with E-state index in [1.54, 1.807) is 26.8 Å². The zero-order chi connectivity index (χ0) is 36.8. The standard InChI is InChI=1S/C41H44ClN3O6Si/c1-27-39(52(2,3)50)36(24-38(48)43(20-21-46)25-28-10-5-4-6-11-28)51-41(27)33-23-31(42)17-18-35(33)44(40(41)49)26-29-12-9-14-32(22-29)45-34-15-8-7-13-30(34)16-19-37(45)47/h4-15,17-18,22-23,27,36,39,46,50H,16,19-21,24-26H2,1-3H3/t27-,36+,39-,41+/m1/s1. The number of aryl methyl sites for hydroxylation is 1. The van der Waals surface area contributed by atoms with E-state index in [1.165, 1.54) is 0 Å². The van der Waals surface area contributed by atoms with Crippen LogP contribution in [0.1, 0.15) is 42.0 Å². The summed E-state index contributed by atoms with van der Waals surface area (Å²) in [6.07, 6.45) is 0.296. The molecule has 1 spiro atoms. The summed E-state index contributed by atoms with van der Waals surface area (Å²) < 4.78 is 6.91. The number of halogens is 1. The molecule has 0 bridgehead atoms. The second-order valence-electron chi connectivity index (χ2n) is 14.7. The molecule has 2 N–H and O–H groups in total. The van der Waals surface area contributed by atoms with Gasteiger partial charge in [0.25, 0.3) is 5.91 Å². The number of benzene rings is 4.